The monoisotopic (exact) mass is 539 g/mol. The molecule has 1 aromatic heterocycles. The molecule has 0 fully saturated rings. The molecule has 15 heteroatoms. The first-order valence-corrected chi connectivity index (χ1v) is 10.6. The number of aliphatic hydroxyl groups is 2. The van der Waals surface area contributed by atoms with Gasteiger partial charge >= 0.3 is 12.4 Å². The minimum Gasteiger partial charge on any atom is -0.493 e. The number of hydrogen-bond donors (Lipinski definition) is 4. The topological polar surface area (TPSA) is 136 Å². The van der Waals surface area contributed by atoms with Gasteiger partial charge in [0.1, 0.15) is 13.2 Å². The summed E-state index contributed by atoms with van der Waals surface area (Å²) < 4.78 is 98.3. The number of aliphatic hydroxyl groups excluding tert-OH is 1. The maximum absolute atomic E-state index is 14.1. The van der Waals surface area contributed by atoms with Crippen LogP contribution in [0.5, 0.6) is 17.2 Å². The molecule has 1 aromatic carbocycles. The standard InChI is InChI=1S/C22H23F6N3O6/c1-19(29)10-37-16-12(19)8-15(31-17(16)21(23,24)25)20(34,22(26,27)28)9-30-18(33)11-3-4-13(36-6-5-32)14(7-11)35-2/h3-4,7-8,32,34H,5-6,9-10,29H2,1-2H3,(H,30,33). The van der Waals surface area contributed by atoms with Gasteiger partial charge < -0.3 is 35.5 Å². The molecule has 0 saturated heterocycles. The zero-order valence-corrected chi connectivity index (χ0v) is 19.5. The molecular formula is C22H23F6N3O6. The quantitative estimate of drug-likeness (QED) is 0.375. The van der Waals surface area contributed by atoms with Gasteiger partial charge in [-0.2, -0.15) is 26.3 Å². The maximum Gasteiger partial charge on any atom is 0.437 e. The number of hydrogen-bond acceptors (Lipinski definition) is 8. The normalized spacial score (nSPS) is 19.0. The largest absolute Gasteiger partial charge is 0.493 e. The number of pyridine rings is 1. The summed E-state index contributed by atoms with van der Waals surface area (Å²) in [6.45, 7) is -1.20. The van der Waals surface area contributed by atoms with Crippen molar-refractivity contribution < 1.29 is 55.6 Å². The van der Waals surface area contributed by atoms with Gasteiger partial charge in [0.15, 0.2) is 22.9 Å². The van der Waals surface area contributed by atoms with E-state index in [1.165, 1.54) is 26.2 Å². The average Bonchev–Trinajstić information content (AvgIpc) is 3.13. The van der Waals surface area contributed by atoms with Crippen LogP contribution in [0.15, 0.2) is 24.3 Å². The molecule has 1 amide bonds. The molecule has 1 aliphatic rings. The number of nitrogens with two attached hydrogens (primary N) is 1. The molecule has 1 aliphatic heterocycles. The number of carbonyl (C=O) groups is 1. The maximum atomic E-state index is 14.1. The van der Waals surface area contributed by atoms with E-state index in [1.807, 2.05) is 5.32 Å². The van der Waals surface area contributed by atoms with Crippen molar-refractivity contribution >= 4 is 5.91 Å². The second kappa shape index (κ2) is 9.87. The minimum absolute atomic E-state index is 0.0181. The Kier molecular flexibility index (Phi) is 7.54. The highest BCUT2D eigenvalue weighted by Gasteiger charge is 2.58. The fourth-order valence-electron chi connectivity index (χ4n) is 3.54. The molecule has 3 rings (SSSR count). The van der Waals surface area contributed by atoms with E-state index in [1.54, 1.807) is 0 Å². The molecule has 0 radical (unpaired) electrons. The molecule has 37 heavy (non-hydrogen) atoms. The van der Waals surface area contributed by atoms with Crippen LogP contribution in [-0.2, 0) is 17.3 Å². The van der Waals surface area contributed by atoms with Gasteiger partial charge in [-0.25, -0.2) is 4.98 Å². The lowest BCUT2D eigenvalue weighted by Gasteiger charge is -2.31. The molecule has 0 bridgehead atoms. The van der Waals surface area contributed by atoms with Crippen LogP contribution in [0.2, 0.25) is 0 Å². The fourth-order valence-corrected chi connectivity index (χ4v) is 3.54. The second-order valence-corrected chi connectivity index (χ2v) is 8.42. The van der Waals surface area contributed by atoms with Crippen LogP contribution >= 0.6 is 0 Å². The summed E-state index contributed by atoms with van der Waals surface area (Å²) in [5.74, 6) is -1.79. The van der Waals surface area contributed by atoms with E-state index in [9.17, 15) is 36.2 Å². The SMILES string of the molecule is COc1cc(C(=O)NCC(O)(c2cc3c(c(C(F)(F)F)n2)OCC3(C)N)C(F)(F)F)ccc1OCCO. The molecule has 2 unspecified atom stereocenters. The fraction of sp³-hybridized carbons (Fsp3) is 0.455. The van der Waals surface area contributed by atoms with E-state index < -0.39 is 65.3 Å². The lowest BCUT2D eigenvalue weighted by molar-refractivity contribution is -0.265. The van der Waals surface area contributed by atoms with Crippen LogP contribution < -0.4 is 25.3 Å². The highest BCUT2D eigenvalue weighted by atomic mass is 19.4. The van der Waals surface area contributed by atoms with Crippen molar-refractivity contribution in [2.45, 2.75) is 30.4 Å². The van der Waals surface area contributed by atoms with Crippen molar-refractivity contribution in [3.63, 3.8) is 0 Å². The van der Waals surface area contributed by atoms with Crippen molar-refractivity contribution in [1.29, 1.82) is 0 Å². The second-order valence-electron chi connectivity index (χ2n) is 8.42. The van der Waals surface area contributed by atoms with E-state index in [0.717, 1.165) is 6.07 Å². The first kappa shape index (κ1) is 28.3. The molecule has 2 heterocycles. The summed E-state index contributed by atoms with van der Waals surface area (Å²) in [6, 6.07) is 4.15. The third-order valence-electron chi connectivity index (χ3n) is 5.55. The summed E-state index contributed by atoms with van der Waals surface area (Å²) >= 11 is 0. The molecule has 2 aromatic rings. The lowest BCUT2D eigenvalue weighted by Crippen LogP contribution is -2.52. The summed E-state index contributed by atoms with van der Waals surface area (Å²) in [4.78, 5) is 15.6. The number of fused-ring (bicyclic) bond motifs is 1. The first-order valence-electron chi connectivity index (χ1n) is 10.6. The van der Waals surface area contributed by atoms with Gasteiger partial charge in [0.25, 0.3) is 5.91 Å². The number of rotatable bonds is 8. The van der Waals surface area contributed by atoms with Crippen molar-refractivity contribution in [3.8, 4) is 17.2 Å². The van der Waals surface area contributed by atoms with Gasteiger partial charge in [-0.05, 0) is 31.2 Å². The Balaban J connectivity index is 1.98. The third kappa shape index (κ3) is 5.52. The molecule has 5 N–H and O–H groups in total. The Morgan fingerprint density at radius 2 is 1.89 bits per heavy atom. The minimum atomic E-state index is -5.56. The van der Waals surface area contributed by atoms with Crippen LogP contribution in [0.25, 0.3) is 0 Å². The van der Waals surface area contributed by atoms with Gasteiger partial charge in [0, 0.05) is 11.1 Å². The number of methoxy groups -OCH3 is 1. The molecule has 2 atom stereocenters. The third-order valence-corrected chi connectivity index (χ3v) is 5.55. The number of aromatic nitrogens is 1. The summed E-state index contributed by atoms with van der Waals surface area (Å²) in [7, 11) is 1.23. The van der Waals surface area contributed by atoms with E-state index >= 15 is 0 Å². The predicted molar refractivity (Wildman–Crippen MR) is 114 cm³/mol. The lowest BCUT2D eigenvalue weighted by atomic mass is 9.90. The average molecular weight is 539 g/mol. The molecule has 0 aliphatic carbocycles. The number of ether oxygens (including phenoxy) is 3. The van der Waals surface area contributed by atoms with Crippen LogP contribution in [-0.4, -0.2) is 60.8 Å². The van der Waals surface area contributed by atoms with E-state index in [2.05, 4.69) is 4.98 Å². The number of halogens is 6. The number of amides is 1. The van der Waals surface area contributed by atoms with Gasteiger partial charge in [0.05, 0.1) is 31.5 Å². The Morgan fingerprint density at radius 3 is 2.46 bits per heavy atom. The molecule has 0 spiro atoms. The van der Waals surface area contributed by atoms with Crippen LogP contribution in [0.3, 0.4) is 0 Å². The smallest absolute Gasteiger partial charge is 0.437 e. The van der Waals surface area contributed by atoms with Crippen LogP contribution in [0, 0.1) is 0 Å². The zero-order valence-electron chi connectivity index (χ0n) is 19.5. The highest BCUT2D eigenvalue weighted by molar-refractivity contribution is 5.95. The Bertz CT molecular complexity index is 1170. The van der Waals surface area contributed by atoms with Gasteiger partial charge in [-0.3, -0.25) is 4.79 Å². The molecule has 0 saturated carbocycles. The number of benzene rings is 1. The Morgan fingerprint density at radius 1 is 1.22 bits per heavy atom. The summed E-state index contributed by atoms with van der Waals surface area (Å²) in [5.41, 5.74) is -3.56. The number of nitrogens with one attached hydrogen (secondary N) is 1. The predicted octanol–water partition coefficient (Wildman–Crippen LogP) is 2.23. The zero-order chi connectivity index (χ0) is 27.8. The van der Waals surface area contributed by atoms with Gasteiger partial charge in [0.2, 0.25) is 5.60 Å². The van der Waals surface area contributed by atoms with Crippen LogP contribution in [0.1, 0.15) is 34.2 Å². The number of nitrogens with zero attached hydrogens (tertiary/aromatic N) is 1. The van der Waals surface area contributed by atoms with Crippen LogP contribution in [0.4, 0.5) is 26.3 Å². The number of carbonyl (C=O) groups excluding carboxylic acids is 1. The molecule has 9 nitrogen and oxygen atoms in total. The molecular weight excluding hydrogens is 516 g/mol. The number of alkyl halides is 6. The van der Waals surface area contributed by atoms with E-state index in [4.69, 9.17) is 25.1 Å². The van der Waals surface area contributed by atoms with Gasteiger partial charge in [-0.1, -0.05) is 0 Å². The van der Waals surface area contributed by atoms with Crippen molar-refractivity contribution in [2.24, 2.45) is 5.73 Å². The summed E-state index contributed by atoms with van der Waals surface area (Å²) in [5, 5.41) is 21.4. The highest BCUT2D eigenvalue weighted by Crippen LogP contribution is 2.47. The van der Waals surface area contributed by atoms with Crippen molar-refractivity contribution in [1.82, 2.24) is 10.3 Å². The van der Waals surface area contributed by atoms with Crippen molar-refractivity contribution in [2.75, 3.05) is 33.5 Å². The Hall–Kier alpha value is -3.30. The van der Waals surface area contributed by atoms with E-state index in [-0.39, 0.29) is 30.3 Å². The summed E-state index contributed by atoms with van der Waals surface area (Å²) in [6.07, 6.45) is -10.8. The first-order chi connectivity index (χ1) is 17.0. The molecule has 204 valence electrons. The van der Waals surface area contributed by atoms with Crippen molar-refractivity contribution in [3.05, 3.63) is 46.8 Å². The Labute approximate surface area is 206 Å². The van der Waals surface area contributed by atoms with Gasteiger partial charge in [-0.15, -0.1) is 0 Å². The van der Waals surface area contributed by atoms with E-state index in [0.29, 0.717) is 6.07 Å².